The molecule has 1 aliphatic heterocycles. The predicted octanol–water partition coefficient (Wildman–Crippen LogP) is 1.97. The standard InChI is InChI=1S/C15H25N3O2S/c1-2-6-14-8-3-4-9-15(14)17-21(19,20)18-10-5-7-13(11-16)12-18/h3-4,8-9,13,17H,2,5-7,10-12,16H2,1H3. The SMILES string of the molecule is CCCc1ccccc1NS(=O)(=O)N1CCCC(CN)C1. The van der Waals surface area contributed by atoms with Crippen LogP contribution in [0.5, 0.6) is 0 Å². The number of hydrogen-bond acceptors (Lipinski definition) is 3. The first-order chi connectivity index (χ1) is 10.1. The summed E-state index contributed by atoms with van der Waals surface area (Å²) < 4.78 is 29.4. The molecule has 1 fully saturated rings. The summed E-state index contributed by atoms with van der Waals surface area (Å²) in [6.07, 6.45) is 3.73. The highest BCUT2D eigenvalue weighted by Gasteiger charge is 2.28. The van der Waals surface area contributed by atoms with E-state index in [1.54, 1.807) is 0 Å². The van der Waals surface area contributed by atoms with Crippen LogP contribution in [0.25, 0.3) is 0 Å². The van der Waals surface area contributed by atoms with Crippen molar-refractivity contribution >= 4 is 15.9 Å². The molecule has 5 nitrogen and oxygen atoms in total. The molecule has 1 aliphatic rings. The van der Waals surface area contributed by atoms with Crippen LogP contribution < -0.4 is 10.5 Å². The summed E-state index contributed by atoms with van der Waals surface area (Å²) in [5, 5.41) is 0. The zero-order chi connectivity index (χ0) is 15.3. The van der Waals surface area contributed by atoms with Crippen molar-refractivity contribution in [3.63, 3.8) is 0 Å². The molecule has 1 unspecified atom stereocenters. The number of benzene rings is 1. The van der Waals surface area contributed by atoms with Crippen LogP contribution in [-0.4, -0.2) is 32.4 Å². The Morgan fingerprint density at radius 3 is 2.86 bits per heavy atom. The number of hydrogen-bond donors (Lipinski definition) is 2. The van der Waals surface area contributed by atoms with E-state index in [0.29, 0.717) is 25.3 Å². The molecule has 0 bridgehead atoms. The van der Waals surface area contributed by atoms with Crippen molar-refractivity contribution in [1.29, 1.82) is 0 Å². The Balaban J connectivity index is 2.14. The van der Waals surface area contributed by atoms with Crippen molar-refractivity contribution in [2.45, 2.75) is 32.6 Å². The van der Waals surface area contributed by atoms with Crippen molar-refractivity contribution in [1.82, 2.24) is 4.31 Å². The minimum absolute atomic E-state index is 0.265. The van der Waals surface area contributed by atoms with E-state index >= 15 is 0 Å². The third-order valence-electron chi connectivity index (χ3n) is 3.93. The molecule has 1 heterocycles. The number of anilines is 1. The van der Waals surface area contributed by atoms with Crippen LogP contribution in [0.15, 0.2) is 24.3 Å². The summed E-state index contributed by atoms with van der Waals surface area (Å²) >= 11 is 0. The molecule has 21 heavy (non-hydrogen) atoms. The van der Waals surface area contributed by atoms with Gasteiger partial charge in [-0.25, -0.2) is 0 Å². The Kier molecular flexibility index (Phi) is 5.61. The Morgan fingerprint density at radius 1 is 1.38 bits per heavy atom. The van der Waals surface area contributed by atoms with Gasteiger partial charge in [0.2, 0.25) is 0 Å². The predicted molar refractivity (Wildman–Crippen MR) is 86.3 cm³/mol. The van der Waals surface area contributed by atoms with Gasteiger partial charge in [0, 0.05) is 13.1 Å². The molecule has 1 saturated heterocycles. The van der Waals surface area contributed by atoms with E-state index < -0.39 is 10.2 Å². The van der Waals surface area contributed by atoms with Gasteiger partial charge in [-0.15, -0.1) is 0 Å². The minimum Gasteiger partial charge on any atom is -0.330 e. The van der Waals surface area contributed by atoms with Gasteiger partial charge in [0.1, 0.15) is 0 Å². The maximum absolute atomic E-state index is 12.5. The van der Waals surface area contributed by atoms with Gasteiger partial charge in [0.15, 0.2) is 0 Å². The molecule has 2 rings (SSSR count). The lowest BCUT2D eigenvalue weighted by Gasteiger charge is -2.31. The highest BCUT2D eigenvalue weighted by atomic mass is 32.2. The van der Waals surface area contributed by atoms with Crippen molar-refractivity contribution in [2.24, 2.45) is 11.7 Å². The summed E-state index contributed by atoms with van der Waals surface area (Å²) in [4.78, 5) is 0. The molecular formula is C15H25N3O2S. The van der Waals surface area contributed by atoms with E-state index in [2.05, 4.69) is 11.6 Å². The quantitative estimate of drug-likeness (QED) is 0.843. The number of nitrogens with two attached hydrogens (primary N) is 1. The fourth-order valence-electron chi connectivity index (χ4n) is 2.75. The number of aryl methyl sites for hydroxylation is 1. The Labute approximate surface area is 127 Å². The van der Waals surface area contributed by atoms with E-state index in [9.17, 15) is 8.42 Å². The fourth-order valence-corrected chi connectivity index (χ4v) is 4.13. The van der Waals surface area contributed by atoms with Gasteiger partial charge in [-0.2, -0.15) is 12.7 Å². The van der Waals surface area contributed by atoms with E-state index in [0.717, 1.165) is 31.2 Å². The molecule has 0 radical (unpaired) electrons. The van der Waals surface area contributed by atoms with Crippen molar-refractivity contribution in [3.8, 4) is 0 Å². The summed E-state index contributed by atoms with van der Waals surface area (Å²) in [5.74, 6) is 0.265. The Bertz CT molecular complexity index is 560. The molecule has 1 atom stereocenters. The summed E-state index contributed by atoms with van der Waals surface area (Å²) in [5.41, 5.74) is 7.41. The molecule has 6 heteroatoms. The minimum atomic E-state index is -3.49. The number of piperidine rings is 1. The average molecular weight is 311 g/mol. The van der Waals surface area contributed by atoms with Crippen LogP contribution >= 0.6 is 0 Å². The van der Waals surface area contributed by atoms with Crippen molar-refractivity contribution in [3.05, 3.63) is 29.8 Å². The van der Waals surface area contributed by atoms with E-state index in [1.165, 1.54) is 4.31 Å². The molecule has 0 amide bonds. The number of rotatable bonds is 6. The molecule has 1 aromatic carbocycles. The normalized spacial score (nSPS) is 20.4. The van der Waals surface area contributed by atoms with Crippen LogP contribution in [0, 0.1) is 5.92 Å². The number of nitrogens with zero attached hydrogens (tertiary/aromatic N) is 1. The van der Waals surface area contributed by atoms with Gasteiger partial charge in [0.05, 0.1) is 5.69 Å². The third-order valence-corrected chi connectivity index (χ3v) is 5.42. The molecule has 118 valence electrons. The van der Waals surface area contributed by atoms with Crippen molar-refractivity contribution < 1.29 is 8.42 Å². The lowest BCUT2D eigenvalue weighted by molar-refractivity contribution is 0.273. The maximum atomic E-state index is 12.5. The van der Waals surface area contributed by atoms with Crippen LogP contribution in [-0.2, 0) is 16.6 Å². The zero-order valence-corrected chi connectivity index (χ0v) is 13.4. The largest absolute Gasteiger partial charge is 0.330 e. The van der Waals surface area contributed by atoms with Gasteiger partial charge in [-0.1, -0.05) is 31.5 Å². The molecule has 3 N–H and O–H groups in total. The molecule has 0 aromatic heterocycles. The number of nitrogens with one attached hydrogen (secondary N) is 1. The van der Waals surface area contributed by atoms with Gasteiger partial charge in [-0.05, 0) is 43.4 Å². The van der Waals surface area contributed by atoms with Gasteiger partial charge in [0.25, 0.3) is 0 Å². The highest BCUT2D eigenvalue weighted by molar-refractivity contribution is 7.90. The maximum Gasteiger partial charge on any atom is 0.301 e. The Morgan fingerprint density at radius 2 is 2.14 bits per heavy atom. The first-order valence-electron chi connectivity index (χ1n) is 7.62. The molecule has 0 spiro atoms. The summed E-state index contributed by atoms with van der Waals surface area (Å²) in [7, 11) is -3.49. The van der Waals surface area contributed by atoms with Crippen LogP contribution in [0.2, 0.25) is 0 Å². The second kappa shape index (κ2) is 7.24. The Hall–Kier alpha value is -1.11. The fraction of sp³-hybridized carbons (Fsp3) is 0.600. The van der Waals surface area contributed by atoms with Crippen molar-refractivity contribution in [2.75, 3.05) is 24.4 Å². The molecule has 0 saturated carbocycles. The smallest absolute Gasteiger partial charge is 0.301 e. The molecule has 1 aromatic rings. The second-order valence-corrected chi connectivity index (χ2v) is 7.29. The third kappa shape index (κ3) is 4.18. The van der Waals surface area contributed by atoms with Gasteiger partial charge >= 0.3 is 10.2 Å². The highest BCUT2D eigenvalue weighted by Crippen LogP contribution is 2.22. The number of para-hydroxylation sites is 1. The lowest BCUT2D eigenvalue weighted by atomic mass is 10.0. The second-order valence-electron chi connectivity index (χ2n) is 5.62. The molecular weight excluding hydrogens is 286 g/mol. The van der Waals surface area contributed by atoms with E-state index in [4.69, 9.17) is 5.73 Å². The van der Waals surface area contributed by atoms with E-state index in [1.807, 2.05) is 24.3 Å². The zero-order valence-electron chi connectivity index (χ0n) is 12.6. The lowest BCUT2D eigenvalue weighted by Crippen LogP contribution is -2.44. The monoisotopic (exact) mass is 311 g/mol. The first kappa shape index (κ1) is 16.3. The first-order valence-corrected chi connectivity index (χ1v) is 9.06. The molecule has 0 aliphatic carbocycles. The van der Waals surface area contributed by atoms with Gasteiger partial charge in [-0.3, -0.25) is 4.72 Å². The summed E-state index contributed by atoms with van der Waals surface area (Å²) in [6.45, 7) is 3.71. The topological polar surface area (TPSA) is 75.4 Å². The average Bonchev–Trinajstić information content (AvgIpc) is 2.49. The van der Waals surface area contributed by atoms with Gasteiger partial charge < -0.3 is 5.73 Å². The summed E-state index contributed by atoms with van der Waals surface area (Å²) in [6, 6.07) is 7.59. The van der Waals surface area contributed by atoms with Crippen LogP contribution in [0.1, 0.15) is 31.7 Å². The van der Waals surface area contributed by atoms with Crippen LogP contribution in [0.3, 0.4) is 0 Å². The van der Waals surface area contributed by atoms with E-state index in [-0.39, 0.29) is 5.92 Å². The van der Waals surface area contributed by atoms with Crippen LogP contribution in [0.4, 0.5) is 5.69 Å².